The van der Waals surface area contributed by atoms with Crippen molar-refractivity contribution in [3.8, 4) is 0 Å². The summed E-state index contributed by atoms with van der Waals surface area (Å²) < 4.78 is 23.7. The molecule has 0 bridgehead atoms. The van der Waals surface area contributed by atoms with Crippen molar-refractivity contribution in [3.63, 3.8) is 0 Å². The van der Waals surface area contributed by atoms with Crippen molar-refractivity contribution in [3.05, 3.63) is 23.8 Å². The number of thioether (sulfide) groups is 1. The third kappa shape index (κ3) is 2.31. The van der Waals surface area contributed by atoms with E-state index in [9.17, 15) is 8.42 Å². The Hall–Kier alpha value is -0.520. The summed E-state index contributed by atoms with van der Waals surface area (Å²) in [6, 6.07) is 5.80. The second-order valence-electron chi connectivity index (χ2n) is 5.08. The van der Waals surface area contributed by atoms with Gasteiger partial charge >= 0.3 is 0 Å². The van der Waals surface area contributed by atoms with Crippen LogP contribution in [0, 0.1) is 0 Å². The van der Waals surface area contributed by atoms with Gasteiger partial charge in [0.2, 0.25) is 0 Å². The van der Waals surface area contributed by atoms with Gasteiger partial charge in [0.05, 0.1) is 4.90 Å². The quantitative estimate of drug-likeness (QED) is 0.862. The lowest BCUT2D eigenvalue weighted by molar-refractivity contribution is 0.553. The van der Waals surface area contributed by atoms with Gasteiger partial charge < -0.3 is 5.73 Å². The monoisotopic (exact) mass is 285 g/mol. The Balaban J connectivity index is 2.54. The number of hydrogen-bond acceptors (Lipinski definition) is 4. The van der Waals surface area contributed by atoms with Gasteiger partial charge in [-0.2, -0.15) is 0 Å². The van der Waals surface area contributed by atoms with E-state index in [0.717, 1.165) is 23.3 Å². The molecule has 0 saturated heterocycles. The minimum atomic E-state index is -3.19. The Bertz CT molecular complexity index is 560. The standard InChI is InChI=1S/C13H19NO2S2/c1-9(14)13(6-7-13)10-4-5-11(17-2)12(8-10)18(3,15)16/h4-5,8-9H,6-7,14H2,1-3H3. The molecule has 0 spiro atoms. The van der Waals surface area contributed by atoms with Crippen molar-refractivity contribution in [1.29, 1.82) is 0 Å². The Kier molecular flexibility index (Phi) is 3.51. The summed E-state index contributed by atoms with van der Waals surface area (Å²) >= 11 is 1.46. The van der Waals surface area contributed by atoms with Gasteiger partial charge in [-0.3, -0.25) is 0 Å². The van der Waals surface area contributed by atoms with Crippen LogP contribution in [0.25, 0.3) is 0 Å². The van der Waals surface area contributed by atoms with Gasteiger partial charge in [0, 0.05) is 22.6 Å². The zero-order chi connectivity index (χ0) is 13.6. The van der Waals surface area contributed by atoms with Crippen molar-refractivity contribution in [2.75, 3.05) is 12.5 Å². The Morgan fingerprint density at radius 1 is 1.39 bits per heavy atom. The fraction of sp³-hybridized carbons (Fsp3) is 0.538. The molecule has 3 nitrogen and oxygen atoms in total. The molecule has 1 aliphatic carbocycles. The molecule has 1 atom stereocenters. The fourth-order valence-corrected chi connectivity index (χ4v) is 4.36. The van der Waals surface area contributed by atoms with Crippen LogP contribution in [0.5, 0.6) is 0 Å². The third-order valence-corrected chi connectivity index (χ3v) is 5.86. The molecule has 5 heteroatoms. The highest BCUT2D eigenvalue weighted by atomic mass is 32.2. The first kappa shape index (κ1) is 13.9. The topological polar surface area (TPSA) is 60.2 Å². The van der Waals surface area contributed by atoms with Crippen molar-refractivity contribution in [2.24, 2.45) is 5.73 Å². The van der Waals surface area contributed by atoms with Gasteiger partial charge in [0.15, 0.2) is 9.84 Å². The molecule has 1 aromatic rings. The molecule has 0 aromatic heterocycles. The van der Waals surface area contributed by atoms with E-state index in [-0.39, 0.29) is 11.5 Å². The highest BCUT2D eigenvalue weighted by Crippen LogP contribution is 2.51. The van der Waals surface area contributed by atoms with E-state index in [1.54, 1.807) is 0 Å². The second-order valence-corrected chi connectivity index (χ2v) is 7.91. The fourth-order valence-electron chi connectivity index (χ4n) is 2.42. The summed E-state index contributed by atoms with van der Waals surface area (Å²) in [6.07, 6.45) is 5.25. The summed E-state index contributed by atoms with van der Waals surface area (Å²) in [7, 11) is -3.19. The molecule has 1 unspecified atom stereocenters. The summed E-state index contributed by atoms with van der Waals surface area (Å²) in [4.78, 5) is 1.24. The largest absolute Gasteiger partial charge is 0.327 e. The third-order valence-electron chi connectivity index (χ3n) is 3.80. The summed E-state index contributed by atoms with van der Waals surface area (Å²) in [5.41, 5.74) is 7.10. The van der Waals surface area contributed by atoms with Crippen LogP contribution in [0.1, 0.15) is 25.3 Å². The van der Waals surface area contributed by atoms with Crippen molar-refractivity contribution in [2.45, 2.75) is 41.0 Å². The maximum absolute atomic E-state index is 11.8. The lowest BCUT2D eigenvalue weighted by atomic mass is 9.90. The smallest absolute Gasteiger partial charge is 0.176 e. The Morgan fingerprint density at radius 3 is 2.39 bits per heavy atom. The lowest BCUT2D eigenvalue weighted by Gasteiger charge is -2.21. The molecule has 1 fully saturated rings. The van der Waals surface area contributed by atoms with E-state index in [2.05, 4.69) is 0 Å². The molecule has 18 heavy (non-hydrogen) atoms. The molecular formula is C13H19NO2S2. The van der Waals surface area contributed by atoms with E-state index >= 15 is 0 Å². The predicted molar refractivity (Wildman–Crippen MR) is 75.9 cm³/mol. The molecular weight excluding hydrogens is 266 g/mol. The summed E-state index contributed by atoms with van der Waals surface area (Å²) in [5.74, 6) is 0. The van der Waals surface area contributed by atoms with Gasteiger partial charge in [-0.05, 0) is 43.7 Å². The van der Waals surface area contributed by atoms with Crippen LogP contribution in [0.15, 0.2) is 28.0 Å². The van der Waals surface area contributed by atoms with Crippen LogP contribution < -0.4 is 5.73 Å². The molecule has 2 N–H and O–H groups in total. The maximum Gasteiger partial charge on any atom is 0.176 e. The molecule has 0 amide bonds. The van der Waals surface area contributed by atoms with E-state index in [1.165, 1.54) is 18.0 Å². The summed E-state index contributed by atoms with van der Waals surface area (Å²) in [5, 5.41) is 0. The van der Waals surface area contributed by atoms with Gasteiger partial charge in [-0.25, -0.2) is 8.42 Å². The molecule has 1 aromatic carbocycles. The van der Waals surface area contributed by atoms with E-state index in [0.29, 0.717) is 4.90 Å². The SMILES string of the molecule is CSc1ccc(C2(C(C)N)CC2)cc1S(C)(=O)=O. The van der Waals surface area contributed by atoms with Crippen LogP contribution in [0.4, 0.5) is 0 Å². The summed E-state index contributed by atoms with van der Waals surface area (Å²) in [6.45, 7) is 2.00. The van der Waals surface area contributed by atoms with Crippen LogP contribution in [0.2, 0.25) is 0 Å². The van der Waals surface area contributed by atoms with Gasteiger partial charge in [-0.1, -0.05) is 6.07 Å². The highest BCUT2D eigenvalue weighted by molar-refractivity contribution is 7.99. The van der Waals surface area contributed by atoms with Crippen LogP contribution in [-0.4, -0.2) is 27.0 Å². The van der Waals surface area contributed by atoms with Gasteiger partial charge in [0.1, 0.15) is 0 Å². The number of rotatable bonds is 4. The van der Waals surface area contributed by atoms with Gasteiger partial charge in [0.25, 0.3) is 0 Å². The van der Waals surface area contributed by atoms with E-state index < -0.39 is 9.84 Å². The Morgan fingerprint density at radius 2 is 2.00 bits per heavy atom. The minimum Gasteiger partial charge on any atom is -0.327 e. The van der Waals surface area contributed by atoms with Crippen LogP contribution in [0.3, 0.4) is 0 Å². The number of hydrogen-bond donors (Lipinski definition) is 1. The van der Waals surface area contributed by atoms with Crippen molar-refractivity contribution >= 4 is 21.6 Å². The molecule has 2 rings (SSSR count). The molecule has 1 aliphatic rings. The molecule has 1 saturated carbocycles. The van der Waals surface area contributed by atoms with E-state index in [1.807, 2.05) is 31.4 Å². The van der Waals surface area contributed by atoms with Gasteiger partial charge in [-0.15, -0.1) is 11.8 Å². The zero-order valence-corrected chi connectivity index (χ0v) is 12.6. The Labute approximate surface area is 113 Å². The minimum absolute atomic E-state index is 0.00359. The van der Waals surface area contributed by atoms with Crippen LogP contribution >= 0.6 is 11.8 Å². The average molecular weight is 285 g/mol. The maximum atomic E-state index is 11.8. The first-order valence-electron chi connectivity index (χ1n) is 5.95. The van der Waals surface area contributed by atoms with E-state index in [4.69, 9.17) is 5.73 Å². The molecule has 100 valence electrons. The van der Waals surface area contributed by atoms with Crippen molar-refractivity contribution in [1.82, 2.24) is 0 Å². The number of nitrogens with two attached hydrogens (primary N) is 1. The molecule has 0 aliphatic heterocycles. The lowest BCUT2D eigenvalue weighted by Crippen LogP contribution is -2.31. The number of benzene rings is 1. The molecule has 0 radical (unpaired) electrons. The molecule has 0 heterocycles. The predicted octanol–water partition coefficient (Wildman–Crippen LogP) is 2.19. The highest BCUT2D eigenvalue weighted by Gasteiger charge is 2.47. The second kappa shape index (κ2) is 4.54. The first-order valence-corrected chi connectivity index (χ1v) is 9.07. The normalized spacial score (nSPS) is 19.6. The first-order chi connectivity index (χ1) is 8.31. The van der Waals surface area contributed by atoms with Crippen LogP contribution in [-0.2, 0) is 15.3 Å². The van der Waals surface area contributed by atoms with Crippen molar-refractivity contribution < 1.29 is 8.42 Å². The number of sulfone groups is 1. The zero-order valence-electron chi connectivity index (χ0n) is 10.9. The average Bonchev–Trinajstić information content (AvgIpc) is 3.08.